The number of carbonyl (C=O) groups excluding carboxylic acids is 1. The van der Waals surface area contributed by atoms with Crippen molar-refractivity contribution < 1.29 is 40.3 Å². The Hall–Kier alpha value is -1.51. The van der Waals surface area contributed by atoms with Crippen molar-refractivity contribution in [1.29, 1.82) is 0 Å². The first-order valence-electron chi connectivity index (χ1n) is 5.07. The van der Waals surface area contributed by atoms with Crippen LogP contribution >= 0.6 is 11.6 Å². The number of ether oxygens (including phenoxy) is 1. The molecule has 0 aliphatic heterocycles. The second kappa shape index (κ2) is 5.36. The molecule has 0 atom stereocenters. The molecule has 0 N–H and O–H groups in total. The minimum atomic E-state index is -6.59. The van der Waals surface area contributed by atoms with E-state index in [0.29, 0.717) is 6.07 Å². The monoisotopic (exact) mass is 338 g/mol. The molecule has 0 unspecified atom stereocenters. The van der Waals surface area contributed by atoms with Crippen LogP contribution < -0.4 is 4.74 Å². The Bertz CT molecular complexity index is 554. The highest BCUT2D eigenvalue weighted by Gasteiger charge is 2.76. The Kier molecular flexibility index (Phi) is 4.48. The number of rotatable bonds is 4. The molecular formula is C11H6ClF7O2. The molecule has 0 radical (unpaired) electrons. The molecule has 0 amide bonds. The highest BCUT2D eigenvalue weighted by molar-refractivity contribution is 6.34. The second-order valence-corrected chi connectivity index (χ2v) is 4.23. The number of benzene rings is 1. The summed E-state index contributed by atoms with van der Waals surface area (Å²) in [6, 6.07) is 2.32. The molecule has 1 aromatic rings. The van der Waals surface area contributed by atoms with Crippen LogP contribution in [0.5, 0.6) is 5.75 Å². The zero-order valence-electron chi connectivity index (χ0n) is 10.1. The number of alkyl halides is 7. The Labute approximate surface area is 118 Å². The van der Waals surface area contributed by atoms with E-state index in [0.717, 1.165) is 12.1 Å². The van der Waals surface area contributed by atoms with Crippen LogP contribution in [0.15, 0.2) is 18.2 Å². The van der Waals surface area contributed by atoms with Gasteiger partial charge in [0.1, 0.15) is 5.75 Å². The molecule has 1 rings (SSSR count). The maximum Gasteiger partial charge on any atom is 0.460 e. The van der Waals surface area contributed by atoms with Gasteiger partial charge in [0.25, 0.3) is 0 Å². The minimum Gasteiger partial charge on any atom is -0.497 e. The number of hydrogen-bond donors (Lipinski definition) is 0. The van der Waals surface area contributed by atoms with Crippen LogP contribution in [0, 0.1) is 0 Å². The third-order valence-corrected chi connectivity index (χ3v) is 2.77. The van der Waals surface area contributed by atoms with Gasteiger partial charge in [0.2, 0.25) is 5.78 Å². The average molecular weight is 339 g/mol. The summed E-state index contributed by atoms with van der Waals surface area (Å²) >= 11 is 5.41. The molecule has 0 spiro atoms. The quantitative estimate of drug-likeness (QED) is 0.602. The second-order valence-electron chi connectivity index (χ2n) is 3.82. The predicted molar refractivity (Wildman–Crippen MR) is 58.3 cm³/mol. The summed E-state index contributed by atoms with van der Waals surface area (Å²) in [5, 5.41) is -0.739. The molecule has 0 bridgehead atoms. The van der Waals surface area contributed by atoms with E-state index in [2.05, 4.69) is 4.74 Å². The van der Waals surface area contributed by atoms with Gasteiger partial charge in [-0.05, 0) is 18.2 Å². The van der Waals surface area contributed by atoms with Crippen LogP contribution in [0.4, 0.5) is 30.7 Å². The molecule has 1 aromatic carbocycles. The molecule has 10 heteroatoms. The summed E-state index contributed by atoms with van der Waals surface area (Å²) in [5.41, 5.74) is -1.17. The van der Waals surface area contributed by atoms with Crippen molar-refractivity contribution in [3.63, 3.8) is 0 Å². The fraction of sp³-hybridized carbons (Fsp3) is 0.364. The fourth-order valence-corrected chi connectivity index (χ4v) is 1.55. The molecule has 0 aliphatic carbocycles. The molecule has 21 heavy (non-hydrogen) atoms. The van der Waals surface area contributed by atoms with Gasteiger partial charge in [0.05, 0.1) is 12.1 Å². The third kappa shape index (κ3) is 2.92. The van der Waals surface area contributed by atoms with Gasteiger partial charge < -0.3 is 4.74 Å². The van der Waals surface area contributed by atoms with Crippen molar-refractivity contribution in [3.8, 4) is 5.75 Å². The van der Waals surface area contributed by atoms with Crippen LogP contribution in [0.3, 0.4) is 0 Å². The lowest BCUT2D eigenvalue weighted by atomic mass is 9.99. The van der Waals surface area contributed by atoms with Crippen LogP contribution in [0.25, 0.3) is 0 Å². The Morgan fingerprint density at radius 3 is 2.00 bits per heavy atom. The first-order valence-corrected chi connectivity index (χ1v) is 5.44. The normalized spacial score (nSPS) is 13.2. The first kappa shape index (κ1) is 17.5. The van der Waals surface area contributed by atoms with Gasteiger partial charge in [0.15, 0.2) is 0 Å². The van der Waals surface area contributed by atoms with E-state index >= 15 is 0 Å². The number of methoxy groups -OCH3 is 1. The summed E-state index contributed by atoms with van der Waals surface area (Å²) in [5.74, 6) is -15.3. The van der Waals surface area contributed by atoms with E-state index in [1.807, 2.05) is 0 Å². The van der Waals surface area contributed by atoms with Crippen LogP contribution in [0.2, 0.25) is 5.02 Å². The van der Waals surface area contributed by atoms with Crippen molar-refractivity contribution in [2.45, 2.75) is 18.0 Å². The van der Waals surface area contributed by atoms with Crippen LogP contribution in [-0.2, 0) is 0 Å². The van der Waals surface area contributed by atoms with Crippen molar-refractivity contribution in [1.82, 2.24) is 0 Å². The molecule has 118 valence electrons. The topological polar surface area (TPSA) is 26.3 Å². The standard InChI is InChI=1S/C11H6ClF7O2/c1-21-5-2-3-6(7(12)4-5)8(20)9(13,14)10(15,16)11(17,18)19/h2-4H,1H3. The maximum absolute atomic E-state index is 13.2. The lowest BCUT2D eigenvalue weighted by Crippen LogP contribution is -2.56. The number of ketones is 1. The number of hydrogen-bond acceptors (Lipinski definition) is 2. The number of halogens is 8. The van der Waals surface area contributed by atoms with Crippen molar-refractivity contribution in [3.05, 3.63) is 28.8 Å². The highest BCUT2D eigenvalue weighted by atomic mass is 35.5. The van der Waals surface area contributed by atoms with Gasteiger partial charge in [-0.2, -0.15) is 30.7 Å². The van der Waals surface area contributed by atoms with Gasteiger partial charge in [-0.1, -0.05) is 11.6 Å². The Morgan fingerprint density at radius 1 is 1.10 bits per heavy atom. The smallest absolute Gasteiger partial charge is 0.460 e. The van der Waals surface area contributed by atoms with Crippen LogP contribution in [0.1, 0.15) is 10.4 Å². The van der Waals surface area contributed by atoms with E-state index in [1.54, 1.807) is 0 Å². The van der Waals surface area contributed by atoms with Crippen molar-refractivity contribution in [2.75, 3.05) is 7.11 Å². The summed E-state index contributed by atoms with van der Waals surface area (Å²) in [6.45, 7) is 0. The minimum absolute atomic E-state index is 0.00227. The predicted octanol–water partition coefficient (Wildman–Crippen LogP) is 4.36. The van der Waals surface area contributed by atoms with Crippen LogP contribution in [-0.4, -0.2) is 30.9 Å². The largest absolute Gasteiger partial charge is 0.497 e. The Balaban J connectivity index is 3.30. The summed E-state index contributed by atoms with van der Waals surface area (Å²) in [4.78, 5) is 11.3. The maximum atomic E-state index is 13.2. The van der Waals surface area contributed by atoms with Gasteiger partial charge in [-0.25, -0.2) is 0 Å². The lowest BCUT2D eigenvalue weighted by molar-refractivity contribution is -0.339. The molecule has 0 aliphatic rings. The zero-order valence-corrected chi connectivity index (χ0v) is 10.8. The molecule has 0 heterocycles. The van der Waals surface area contributed by atoms with Crippen molar-refractivity contribution >= 4 is 17.4 Å². The number of Topliss-reactive ketones (excluding diaryl/α,β-unsaturated/α-hetero) is 1. The van der Waals surface area contributed by atoms with E-state index < -0.39 is 34.4 Å². The summed E-state index contributed by atoms with van der Waals surface area (Å²) < 4.78 is 92.6. The van der Waals surface area contributed by atoms with E-state index in [4.69, 9.17) is 11.6 Å². The summed E-state index contributed by atoms with van der Waals surface area (Å²) in [6.07, 6.45) is -6.59. The van der Waals surface area contributed by atoms with Gasteiger partial charge in [-0.3, -0.25) is 4.79 Å². The highest BCUT2D eigenvalue weighted by Crippen LogP contribution is 2.48. The van der Waals surface area contributed by atoms with E-state index in [-0.39, 0.29) is 5.75 Å². The third-order valence-electron chi connectivity index (χ3n) is 2.46. The number of carbonyl (C=O) groups is 1. The summed E-state index contributed by atoms with van der Waals surface area (Å²) in [7, 11) is 1.17. The molecule has 0 saturated carbocycles. The molecular weight excluding hydrogens is 333 g/mol. The molecule has 0 aromatic heterocycles. The van der Waals surface area contributed by atoms with Gasteiger partial charge in [-0.15, -0.1) is 0 Å². The van der Waals surface area contributed by atoms with Crippen molar-refractivity contribution in [2.24, 2.45) is 0 Å². The van der Waals surface area contributed by atoms with Gasteiger partial charge >= 0.3 is 18.0 Å². The Morgan fingerprint density at radius 2 is 1.62 bits per heavy atom. The molecule has 2 nitrogen and oxygen atoms in total. The van der Waals surface area contributed by atoms with Gasteiger partial charge in [0, 0.05) is 5.56 Å². The SMILES string of the molecule is COc1ccc(C(=O)C(F)(F)C(F)(F)C(F)(F)F)c(Cl)c1. The molecule has 0 fully saturated rings. The lowest BCUT2D eigenvalue weighted by Gasteiger charge is -2.27. The molecule has 0 saturated heterocycles. The van der Waals surface area contributed by atoms with E-state index in [1.165, 1.54) is 7.11 Å². The fourth-order valence-electron chi connectivity index (χ4n) is 1.30. The van der Waals surface area contributed by atoms with E-state index in [9.17, 15) is 35.5 Å². The average Bonchev–Trinajstić information content (AvgIpc) is 2.36. The zero-order chi connectivity index (χ0) is 16.6. The first-order chi connectivity index (χ1) is 9.36.